The predicted octanol–water partition coefficient (Wildman–Crippen LogP) is 4.17. The van der Waals surface area contributed by atoms with E-state index < -0.39 is 0 Å². The molecule has 0 heterocycles. The van der Waals surface area contributed by atoms with E-state index in [1.165, 1.54) is 16.7 Å². The minimum Gasteiger partial charge on any atom is -0.305 e. The van der Waals surface area contributed by atoms with Crippen LogP contribution in [0.2, 0.25) is 0 Å². The van der Waals surface area contributed by atoms with Gasteiger partial charge >= 0.3 is 0 Å². The summed E-state index contributed by atoms with van der Waals surface area (Å²) in [4.78, 5) is 2.22. The van der Waals surface area contributed by atoms with Crippen molar-refractivity contribution < 1.29 is 0 Å². The Bertz CT molecular complexity index is 370. The molecule has 17 heavy (non-hydrogen) atoms. The van der Waals surface area contributed by atoms with Crippen LogP contribution in [0.5, 0.6) is 0 Å². The normalized spacial score (nSPS) is 12.5. The van der Waals surface area contributed by atoms with Gasteiger partial charge in [0, 0.05) is 6.54 Å². The van der Waals surface area contributed by atoms with Crippen molar-refractivity contribution in [2.75, 3.05) is 14.1 Å². The Morgan fingerprint density at radius 1 is 1.12 bits per heavy atom. The molecule has 0 aromatic heterocycles. The SMILES string of the molecule is CC(C)c1ccc(CN(C)C)cc1C(C)(C)C. The third-order valence-corrected chi connectivity index (χ3v) is 3.05. The van der Waals surface area contributed by atoms with E-state index in [9.17, 15) is 0 Å². The summed E-state index contributed by atoms with van der Waals surface area (Å²) < 4.78 is 0. The quantitative estimate of drug-likeness (QED) is 0.757. The number of hydrogen-bond acceptors (Lipinski definition) is 1. The summed E-state index contributed by atoms with van der Waals surface area (Å²) in [6.45, 7) is 12.5. The third-order valence-electron chi connectivity index (χ3n) is 3.05. The summed E-state index contributed by atoms with van der Waals surface area (Å²) in [6, 6.07) is 6.96. The fraction of sp³-hybridized carbons (Fsp3) is 0.625. The van der Waals surface area contributed by atoms with Crippen molar-refractivity contribution in [3.05, 3.63) is 34.9 Å². The van der Waals surface area contributed by atoms with Crippen molar-refractivity contribution in [2.24, 2.45) is 0 Å². The van der Waals surface area contributed by atoms with E-state index in [2.05, 4.69) is 71.8 Å². The maximum Gasteiger partial charge on any atom is 0.0227 e. The molecule has 0 spiro atoms. The molecule has 0 aliphatic carbocycles. The highest BCUT2D eigenvalue weighted by molar-refractivity contribution is 5.38. The van der Waals surface area contributed by atoms with Gasteiger partial charge in [-0.15, -0.1) is 0 Å². The van der Waals surface area contributed by atoms with E-state index in [1.54, 1.807) is 0 Å². The Labute approximate surface area is 107 Å². The maximum atomic E-state index is 2.38. The van der Waals surface area contributed by atoms with Gasteiger partial charge < -0.3 is 4.90 Å². The van der Waals surface area contributed by atoms with Crippen LogP contribution < -0.4 is 0 Å². The average Bonchev–Trinajstić information content (AvgIpc) is 2.14. The standard InChI is InChI=1S/C16H27N/c1-12(2)14-9-8-13(11-17(6)7)10-15(14)16(3,4)5/h8-10,12H,11H2,1-7H3. The lowest BCUT2D eigenvalue weighted by Gasteiger charge is -2.26. The molecule has 96 valence electrons. The van der Waals surface area contributed by atoms with Gasteiger partial charge in [0.15, 0.2) is 0 Å². The van der Waals surface area contributed by atoms with E-state index >= 15 is 0 Å². The molecule has 0 saturated heterocycles. The van der Waals surface area contributed by atoms with Gasteiger partial charge in [-0.05, 0) is 42.1 Å². The molecule has 0 fully saturated rings. The van der Waals surface area contributed by atoms with E-state index in [-0.39, 0.29) is 5.41 Å². The first-order chi connectivity index (χ1) is 7.71. The van der Waals surface area contributed by atoms with Crippen molar-refractivity contribution in [1.82, 2.24) is 4.90 Å². The second kappa shape index (κ2) is 5.22. The molecule has 0 atom stereocenters. The van der Waals surface area contributed by atoms with Crippen LogP contribution >= 0.6 is 0 Å². The van der Waals surface area contributed by atoms with Crippen molar-refractivity contribution in [3.8, 4) is 0 Å². The highest BCUT2D eigenvalue weighted by atomic mass is 15.0. The molecule has 1 heteroatoms. The molecule has 0 radical (unpaired) electrons. The number of benzene rings is 1. The lowest BCUT2D eigenvalue weighted by atomic mass is 9.80. The van der Waals surface area contributed by atoms with Gasteiger partial charge in [0.25, 0.3) is 0 Å². The zero-order valence-corrected chi connectivity index (χ0v) is 12.5. The van der Waals surface area contributed by atoms with Crippen molar-refractivity contribution in [3.63, 3.8) is 0 Å². The fourth-order valence-corrected chi connectivity index (χ4v) is 2.22. The minimum atomic E-state index is 0.224. The lowest BCUT2D eigenvalue weighted by Crippen LogP contribution is -2.17. The van der Waals surface area contributed by atoms with Crippen molar-refractivity contribution in [1.29, 1.82) is 0 Å². The number of nitrogens with zero attached hydrogens (tertiary/aromatic N) is 1. The minimum absolute atomic E-state index is 0.224. The van der Waals surface area contributed by atoms with Crippen LogP contribution in [0.15, 0.2) is 18.2 Å². The smallest absolute Gasteiger partial charge is 0.0227 e. The highest BCUT2D eigenvalue weighted by Gasteiger charge is 2.19. The molecule has 0 unspecified atom stereocenters. The molecule has 1 aromatic rings. The molecule has 1 nitrogen and oxygen atoms in total. The predicted molar refractivity (Wildman–Crippen MR) is 76.6 cm³/mol. The Hall–Kier alpha value is -0.820. The van der Waals surface area contributed by atoms with E-state index in [0.717, 1.165) is 6.54 Å². The van der Waals surface area contributed by atoms with Crippen LogP contribution in [0.25, 0.3) is 0 Å². The molecule has 0 amide bonds. The van der Waals surface area contributed by atoms with Crippen LogP contribution in [-0.2, 0) is 12.0 Å². The van der Waals surface area contributed by atoms with Gasteiger partial charge in [-0.3, -0.25) is 0 Å². The van der Waals surface area contributed by atoms with Gasteiger partial charge in [0.1, 0.15) is 0 Å². The second-order valence-corrected chi connectivity index (χ2v) is 6.56. The first-order valence-electron chi connectivity index (χ1n) is 6.50. The summed E-state index contributed by atoms with van der Waals surface area (Å²) in [5.74, 6) is 0.595. The second-order valence-electron chi connectivity index (χ2n) is 6.56. The maximum absolute atomic E-state index is 2.38. The van der Waals surface area contributed by atoms with Crippen molar-refractivity contribution in [2.45, 2.75) is 52.5 Å². The van der Waals surface area contributed by atoms with E-state index in [1.807, 2.05) is 0 Å². The molecular weight excluding hydrogens is 206 g/mol. The largest absolute Gasteiger partial charge is 0.305 e. The topological polar surface area (TPSA) is 3.24 Å². The van der Waals surface area contributed by atoms with Crippen LogP contribution in [0.4, 0.5) is 0 Å². The highest BCUT2D eigenvalue weighted by Crippen LogP contribution is 2.31. The zero-order chi connectivity index (χ0) is 13.2. The van der Waals surface area contributed by atoms with Crippen LogP contribution in [0.1, 0.15) is 57.2 Å². The number of hydrogen-bond donors (Lipinski definition) is 0. The van der Waals surface area contributed by atoms with Gasteiger partial charge in [0.05, 0.1) is 0 Å². The molecule has 1 rings (SSSR count). The first-order valence-corrected chi connectivity index (χ1v) is 6.50. The lowest BCUT2D eigenvalue weighted by molar-refractivity contribution is 0.401. The number of rotatable bonds is 3. The molecule has 0 aliphatic heterocycles. The molecule has 0 N–H and O–H groups in total. The van der Waals surface area contributed by atoms with Crippen LogP contribution in [-0.4, -0.2) is 19.0 Å². The molecule has 1 aromatic carbocycles. The van der Waals surface area contributed by atoms with E-state index in [4.69, 9.17) is 0 Å². The monoisotopic (exact) mass is 233 g/mol. The summed E-state index contributed by atoms with van der Waals surface area (Å²) in [6.07, 6.45) is 0. The van der Waals surface area contributed by atoms with Gasteiger partial charge in [-0.1, -0.05) is 52.8 Å². The van der Waals surface area contributed by atoms with Crippen LogP contribution in [0.3, 0.4) is 0 Å². The van der Waals surface area contributed by atoms with E-state index in [0.29, 0.717) is 5.92 Å². The Morgan fingerprint density at radius 3 is 2.12 bits per heavy atom. The summed E-state index contributed by atoms with van der Waals surface area (Å²) >= 11 is 0. The Kier molecular flexibility index (Phi) is 4.37. The average molecular weight is 233 g/mol. The van der Waals surface area contributed by atoms with Crippen LogP contribution in [0, 0.1) is 0 Å². The Morgan fingerprint density at radius 2 is 1.71 bits per heavy atom. The van der Waals surface area contributed by atoms with Gasteiger partial charge in [-0.25, -0.2) is 0 Å². The van der Waals surface area contributed by atoms with Gasteiger partial charge in [-0.2, -0.15) is 0 Å². The summed E-state index contributed by atoms with van der Waals surface area (Å²) in [5.41, 5.74) is 4.61. The summed E-state index contributed by atoms with van der Waals surface area (Å²) in [7, 11) is 4.24. The summed E-state index contributed by atoms with van der Waals surface area (Å²) in [5, 5.41) is 0. The van der Waals surface area contributed by atoms with Crippen molar-refractivity contribution >= 4 is 0 Å². The molecule has 0 aliphatic rings. The Balaban J connectivity index is 3.20. The van der Waals surface area contributed by atoms with Gasteiger partial charge in [0.2, 0.25) is 0 Å². The molecule has 0 saturated carbocycles. The zero-order valence-electron chi connectivity index (χ0n) is 12.5. The first kappa shape index (κ1) is 14.2. The fourth-order valence-electron chi connectivity index (χ4n) is 2.22. The third kappa shape index (κ3) is 3.85. The molecular formula is C16H27N. The molecule has 0 bridgehead atoms.